The van der Waals surface area contributed by atoms with Crippen LogP contribution in [0.2, 0.25) is 0 Å². The van der Waals surface area contributed by atoms with Gasteiger partial charge in [-0.15, -0.1) is 0 Å². The van der Waals surface area contributed by atoms with Gasteiger partial charge in [-0.25, -0.2) is 8.42 Å². The van der Waals surface area contributed by atoms with Crippen LogP contribution < -0.4 is 10.6 Å². The molecule has 7 nitrogen and oxygen atoms in total. The number of carbonyl (C=O) groups excluding carboxylic acids is 2. The number of sulfonamides is 1. The first-order valence-corrected chi connectivity index (χ1v) is 12.2. The minimum Gasteiger partial charge on any atom is -0.347 e. The molecule has 2 amide bonds. The van der Waals surface area contributed by atoms with E-state index in [4.69, 9.17) is 0 Å². The van der Waals surface area contributed by atoms with Crippen LogP contribution in [0.1, 0.15) is 35.1 Å². The highest BCUT2D eigenvalue weighted by Crippen LogP contribution is 2.25. The molecule has 0 aromatic heterocycles. The van der Waals surface area contributed by atoms with Crippen molar-refractivity contribution in [3.63, 3.8) is 0 Å². The third-order valence-corrected chi connectivity index (χ3v) is 8.14. The molecular formula is C24H31N3O4S. The molecule has 0 spiro atoms. The summed E-state index contributed by atoms with van der Waals surface area (Å²) in [7, 11) is -3.58. The largest absolute Gasteiger partial charge is 0.347 e. The van der Waals surface area contributed by atoms with Crippen LogP contribution >= 0.6 is 0 Å². The van der Waals surface area contributed by atoms with E-state index in [-0.39, 0.29) is 42.3 Å². The van der Waals surface area contributed by atoms with Crippen molar-refractivity contribution in [1.29, 1.82) is 0 Å². The molecular weight excluding hydrogens is 426 g/mol. The number of piperidine rings is 1. The van der Waals surface area contributed by atoms with Crippen LogP contribution in [0.15, 0.2) is 41.3 Å². The second-order valence-corrected chi connectivity index (χ2v) is 10.4. The first kappa shape index (κ1) is 23.9. The lowest BCUT2D eigenvalue weighted by Gasteiger charge is -2.30. The Hall–Kier alpha value is -2.71. The number of hydrogen-bond acceptors (Lipinski definition) is 4. The van der Waals surface area contributed by atoms with Crippen LogP contribution in [0, 0.1) is 33.6 Å². The minimum atomic E-state index is -3.58. The van der Waals surface area contributed by atoms with Crippen molar-refractivity contribution in [2.45, 2.75) is 45.4 Å². The van der Waals surface area contributed by atoms with Gasteiger partial charge in [0.15, 0.2) is 0 Å². The molecule has 1 aliphatic rings. The lowest BCUT2D eigenvalue weighted by Crippen LogP contribution is -2.44. The zero-order valence-corrected chi connectivity index (χ0v) is 19.9. The van der Waals surface area contributed by atoms with Gasteiger partial charge in [0, 0.05) is 24.7 Å². The van der Waals surface area contributed by atoms with Gasteiger partial charge >= 0.3 is 0 Å². The highest BCUT2D eigenvalue weighted by molar-refractivity contribution is 7.89. The van der Waals surface area contributed by atoms with E-state index in [1.54, 1.807) is 12.1 Å². The van der Waals surface area contributed by atoms with Crippen molar-refractivity contribution < 1.29 is 18.0 Å². The summed E-state index contributed by atoms with van der Waals surface area (Å²) in [4.78, 5) is 25.1. The maximum absolute atomic E-state index is 12.9. The van der Waals surface area contributed by atoms with Gasteiger partial charge in [-0.05, 0) is 81.0 Å². The van der Waals surface area contributed by atoms with E-state index in [2.05, 4.69) is 10.6 Å². The van der Waals surface area contributed by atoms with Crippen LogP contribution in [0.3, 0.4) is 0 Å². The average Bonchev–Trinajstić information content (AvgIpc) is 2.77. The number of benzene rings is 2. The Bertz CT molecular complexity index is 1120. The standard InChI is InChI=1S/C24H31N3O4S/c1-16-8-9-21(14-18(16)3)32(30,31)27-12-10-20(11-13-27)24(29)25-15-23(28)26-22-7-5-6-17(2)19(22)4/h5-9,14,20H,10-13,15H2,1-4H3,(H,25,29)(H,26,28). The lowest BCUT2D eigenvalue weighted by atomic mass is 9.97. The highest BCUT2D eigenvalue weighted by Gasteiger charge is 2.32. The minimum absolute atomic E-state index is 0.118. The molecule has 172 valence electrons. The molecule has 0 radical (unpaired) electrons. The molecule has 2 aromatic rings. The quantitative estimate of drug-likeness (QED) is 0.697. The number of nitrogens with one attached hydrogen (secondary N) is 2. The van der Waals surface area contributed by atoms with E-state index in [1.807, 2.05) is 52.0 Å². The third kappa shape index (κ3) is 5.37. The number of carbonyl (C=O) groups is 2. The maximum Gasteiger partial charge on any atom is 0.243 e. The van der Waals surface area contributed by atoms with E-state index in [1.165, 1.54) is 4.31 Å². The van der Waals surface area contributed by atoms with Gasteiger partial charge in [-0.2, -0.15) is 4.31 Å². The molecule has 0 atom stereocenters. The van der Waals surface area contributed by atoms with Gasteiger partial charge in [0.1, 0.15) is 0 Å². The predicted molar refractivity (Wildman–Crippen MR) is 125 cm³/mol. The highest BCUT2D eigenvalue weighted by atomic mass is 32.2. The maximum atomic E-state index is 12.9. The predicted octanol–water partition coefficient (Wildman–Crippen LogP) is 3.08. The Morgan fingerprint density at radius 1 is 0.969 bits per heavy atom. The molecule has 0 aliphatic carbocycles. The molecule has 0 bridgehead atoms. The summed E-state index contributed by atoms with van der Waals surface area (Å²) in [6.45, 7) is 8.18. The van der Waals surface area contributed by atoms with Crippen LogP contribution in [0.25, 0.3) is 0 Å². The van der Waals surface area contributed by atoms with Gasteiger partial charge in [0.25, 0.3) is 0 Å². The molecule has 8 heteroatoms. The normalized spacial score (nSPS) is 15.4. The summed E-state index contributed by atoms with van der Waals surface area (Å²) in [5.74, 6) is -0.819. The zero-order chi connectivity index (χ0) is 23.5. The Labute approximate surface area is 190 Å². The van der Waals surface area contributed by atoms with E-state index in [0.717, 1.165) is 27.9 Å². The second kappa shape index (κ2) is 9.83. The van der Waals surface area contributed by atoms with Crippen molar-refractivity contribution in [1.82, 2.24) is 9.62 Å². The summed E-state index contributed by atoms with van der Waals surface area (Å²) in [5, 5.41) is 5.51. The van der Waals surface area contributed by atoms with Crippen LogP contribution in [-0.4, -0.2) is 44.2 Å². The van der Waals surface area contributed by atoms with Gasteiger partial charge in [0.2, 0.25) is 21.8 Å². The molecule has 2 aromatic carbocycles. The topological polar surface area (TPSA) is 95.6 Å². The first-order valence-electron chi connectivity index (χ1n) is 10.8. The first-order chi connectivity index (χ1) is 15.1. The SMILES string of the molecule is Cc1ccc(S(=O)(=O)N2CCC(C(=O)NCC(=O)Nc3cccc(C)c3C)CC2)cc1C. The molecule has 0 saturated carbocycles. The smallest absolute Gasteiger partial charge is 0.243 e. The van der Waals surface area contributed by atoms with Gasteiger partial charge in [-0.1, -0.05) is 18.2 Å². The fraction of sp³-hybridized carbons (Fsp3) is 0.417. The number of rotatable bonds is 6. The Morgan fingerprint density at radius 2 is 1.66 bits per heavy atom. The fourth-order valence-electron chi connectivity index (χ4n) is 3.77. The van der Waals surface area contributed by atoms with E-state index in [9.17, 15) is 18.0 Å². The summed E-state index contributed by atoms with van der Waals surface area (Å²) in [6, 6.07) is 10.8. The zero-order valence-electron chi connectivity index (χ0n) is 19.1. The van der Waals surface area contributed by atoms with Crippen LogP contribution in [-0.2, 0) is 19.6 Å². The molecule has 1 heterocycles. The van der Waals surface area contributed by atoms with Crippen LogP contribution in [0.5, 0.6) is 0 Å². The molecule has 0 unspecified atom stereocenters. The third-order valence-electron chi connectivity index (χ3n) is 6.24. The number of anilines is 1. The van der Waals surface area contributed by atoms with Gasteiger partial charge < -0.3 is 10.6 Å². The Morgan fingerprint density at radius 3 is 2.31 bits per heavy atom. The fourth-order valence-corrected chi connectivity index (χ4v) is 5.33. The van der Waals surface area contributed by atoms with Gasteiger partial charge in [-0.3, -0.25) is 9.59 Å². The second-order valence-electron chi connectivity index (χ2n) is 8.44. The molecule has 1 fully saturated rings. The molecule has 3 rings (SSSR count). The van der Waals surface area contributed by atoms with Crippen molar-refractivity contribution in [2.24, 2.45) is 5.92 Å². The molecule has 1 aliphatic heterocycles. The molecule has 32 heavy (non-hydrogen) atoms. The van der Waals surface area contributed by atoms with Crippen molar-refractivity contribution in [3.05, 3.63) is 58.7 Å². The number of nitrogens with zero attached hydrogens (tertiary/aromatic N) is 1. The van der Waals surface area contributed by atoms with Crippen molar-refractivity contribution in [2.75, 3.05) is 25.0 Å². The number of hydrogen-bond donors (Lipinski definition) is 2. The van der Waals surface area contributed by atoms with E-state index in [0.29, 0.717) is 12.8 Å². The monoisotopic (exact) mass is 457 g/mol. The summed E-state index contributed by atoms with van der Waals surface area (Å²) < 4.78 is 27.3. The van der Waals surface area contributed by atoms with Crippen molar-refractivity contribution in [3.8, 4) is 0 Å². The summed E-state index contributed by atoms with van der Waals surface area (Å²) in [5.41, 5.74) is 4.77. The van der Waals surface area contributed by atoms with E-state index < -0.39 is 10.0 Å². The van der Waals surface area contributed by atoms with Gasteiger partial charge in [0.05, 0.1) is 11.4 Å². The Kier molecular flexibility index (Phi) is 7.36. The average molecular weight is 458 g/mol. The number of aryl methyl sites for hydroxylation is 3. The molecule has 1 saturated heterocycles. The lowest BCUT2D eigenvalue weighted by molar-refractivity contribution is -0.128. The van der Waals surface area contributed by atoms with Crippen LogP contribution in [0.4, 0.5) is 5.69 Å². The summed E-state index contributed by atoms with van der Waals surface area (Å²) >= 11 is 0. The summed E-state index contributed by atoms with van der Waals surface area (Å²) in [6.07, 6.45) is 0.850. The Balaban J connectivity index is 1.51. The molecule has 2 N–H and O–H groups in total. The van der Waals surface area contributed by atoms with Crippen molar-refractivity contribution >= 4 is 27.5 Å². The van der Waals surface area contributed by atoms with E-state index >= 15 is 0 Å². The number of amides is 2.